The fourth-order valence-electron chi connectivity index (χ4n) is 1.41. The van der Waals surface area contributed by atoms with E-state index in [4.69, 9.17) is 5.11 Å². The average Bonchev–Trinajstić information content (AvgIpc) is 2.45. The molecule has 1 atom stereocenters. The van der Waals surface area contributed by atoms with Gasteiger partial charge in [-0.3, -0.25) is 10.1 Å². The van der Waals surface area contributed by atoms with Gasteiger partial charge in [0.05, 0.1) is 0 Å². The number of urea groups is 1. The Morgan fingerprint density at radius 2 is 1.93 bits per heavy atom. The van der Waals surface area contributed by atoms with Crippen LogP contribution < -0.4 is 10.6 Å². The Hall–Kier alpha value is -2.24. The number of rotatable bonds is 1. The van der Waals surface area contributed by atoms with Crippen LogP contribution in [0.4, 0.5) is 4.79 Å². The minimum atomic E-state index is -0.905. The van der Waals surface area contributed by atoms with Crippen molar-refractivity contribution in [2.75, 3.05) is 0 Å². The molecule has 78 valence electrons. The molecule has 1 heterocycles. The van der Waals surface area contributed by atoms with E-state index in [1.54, 1.807) is 0 Å². The number of hydrogen-bond acceptors (Lipinski definition) is 4. The first-order chi connectivity index (χ1) is 7.08. The molecule has 2 rings (SSSR count). The van der Waals surface area contributed by atoms with Crippen molar-refractivity contribution in [2.45, 2.75) is 6.04 Å². The van der Waals surface area contributed by atoms with Gasteiger partial charge in [0, 0.05) is 11.6 Å². The fourth-order valence-corrected chi connectivity index (χ4v) is 1.41. The second kappa shape index (κ2) is 3.16. The summed E-state index contributed by atoms with van der Waals surface area (Å²) in [6, 6.07) is 2.30. The summed E-state index contributed by atoms with van der Waals surface area (Å²) in [6.45, 7) is 0. The van der Waals surface area contributed by atoms with E-state index in [0.717, 1.165) is 6.07 Å². The third-order valence-corrected chi connectivity index (χ3v) is 2.10. The van der Waals surface area contributed by atoms with Crippen LogP contribution in [0.5, 0.6) is 11.5 Å². The number of phenolic OH excluding ortho intramolecular Hbond substituents is 2. The molecule has 6 nitrogen and oxygen atoms in total. The van der Waals surface area contributed by atoms with Gasteiger partial charge in [-0.25, -0.2) is 4.79 Å². The van der Waals surface area contributed by atoms with Crippen molar-refractivity contribution in [3.63, 3.8) is 0 Å². The lowest BCUT2D eigenvalue weighted by atomic mass is 10.1. The average molecular weight is 208 g/mol. The van der Waals surface area contributed by atoms with Crippen molar-refractivity contribution in [1.82, 2.24) is 10.6 Å². The molecule has 6 heteroatoms. The zero-order valence-corrected chi connectivity index (χ0v) is 7.52. The maximum atomic E-state index is 11.3. The Labute approximate surface area is 84.5 Å². The monoisotopic (exact) mass is 208 g/mol. The highest BCUT2D eigenvalue weighted by molar-refractivity contribution is 6.04. The summed E-state index contributed by atoms with van der Waals surface area (Å²) in [7, 11) is 0. The third-order valence-electron chi connectivity index (χ3n) is 2.10. The van der Waals surface area contributed by atoms with Crippen molar-refractivity contribution in [1.29, 1.82) is 0 Å². The molecule has 0 aromatic heterocycles. The van der Waals surface area contributed by atoms with E-state index in [0.29, 0.717) is 0 Å². The van der Waals surface area contributed by atoms with Crippen molar-refractivity contribution in [3.8, 4) is 11.5 Å². The maximum absolute atomic E-state index is 11.3. The molecule has 1 aromatic carbocycles. The smallest absolute Gasteiger partial charge is 0.322 e. The van der Waals surface area contributed by atoms with Gasteiger partial charge in [0.1, 0.15) is 17.5 Å². The van der Waals surface area contributed by atoms with E-state index < -0.39 is 18.0 Å². The van der Waals surface area contributed by atoms with E-state index in [2.05, 4.69) is 5.32 Å². The molecule has 1 saturated heterocycles. The number of phenols is 2. The summed E-state index contributed by atoms with van der Waals surface area (Å²) in [5.74, 6) is -0.876. The largest absolute Gasteiger partial charge is 0.508 e. The van der Waals surface area contributed by atoms with Gasteiger partial charge in [0.15, 0.2) is 0 Å². The Bertz CT molecular complexity index is 444. The van der Waals surface area contributed by atoms with Crippen LogP contribution in [0.2, 0.25) is 0 Å². The van der Waals surface area contributed by atoms with E-state index in [1.807, 2.05) is 5.32 Å². The Balaban J connectivity index is 2.38. The first kappa shape index (κ1) is 9.32. The van der Waals surface area contributed by atoms with Crippen LogP contribution in [0, 0.1) is 0 Å². The van der Waals surface area contributed by atoms with Gasteiger partial charge in [0.2, 0.25) is 0 Å². The molecule has 1 fully saturated rings. The van der Waals surface area contributed by atoms with Crippen molar-refractivity contribution in [2.24, 2.45) is 0 Å². The number of nitrogens with one attached hydrogen (secondary N) is 2. The van der Waals surface area contributed by atoms with Crippen LogP contribution in [0.1, 0.15) is 11.6 Å². The minimum absolute atomic E-state index is 0.110. The van der Waals surface area contributed by atoms with Crippen LogP contribution in [-0.2, 0) is 4.79 Å². The van der Waals surface area contributed by atoms with Gasteiger partial charge in [-0.2, -0.15) is 0 Å². The molecule has 0 spiro atoms. The van der Waals surface area contributed by atoms with Gasteiger partial charge in [-0.05, 0) is 12.1 Å². The molecule has 3 amide bonds. The quantitative estimate of drug-likeness (QED) is 0.487. The molecule has 1 aromatic rings. The van der Waals surface area contributed by atoms with E-state index in [1.165, 1.54) is 12.1 Å². The topological polar surface area (TPSA) is 98.7 Å². The third kappa shape index (κ3) is 1.56. The van der Waals surface area contributed by atoms with Crippen LogP contribution in [0.3, 0.4) is 0 Å². The highest BCUT2D eigenvalue weighted by Gasteiger charge is 2.32. The SMILES string of the molecule is O=C1NC(=O)C(c2ccc(O)cc2O)N1. The predicted molar refractivity (Wildman–Crippen MR) is 49.2 cm³/mol. The molecule has 0 bridgehead atoms. The Morgan fingerprint density at radius 3 is 2.47 bits per heavy atom. The number of imide groups is 1. The predicted octanol–water partition coefficient (Wildman–Crippen LogP) is -0.0217. The number of carbonyl (C=O) groups is 2. The lowest BCUT2D eigenvalue weighted by Gasteiger charge is -2.09. The molecular weight excluding hydrogens is 200 g/mol. The first-order valence-corrected chi connectivity index (χ1v) is 4.21. The molecular formula is C9H8N2O4. The van der Waals surface area contributed by atoms with Gasteiger partial charge < -0.3 is 15.5 Å². The molecule has 15 heavy (non-hydrogen) atoms. The summed E-state index contributed by atoms with van der Waals surface area (Å²) in [6.07, 6.45) is 0. The summed E-state index contributed by atoms with van der Waals surface area (Å²) < 4.78 is 0. The summed E-state index contributed by atoms with van der Waals surface area (Å²) in [5.41, 5.74) is 0.246. The molecule has 1 unspecified atom stereocenters. The molecule has 4 N–H and O–H groups in total. The van der Waals surface area contributed by atoms with Gasteiger partial charge in [0.25, 0.3) is 5.91 Å². The second-order valence-corrected chi connectivity index (χ2v) is 3.14. The van der Waals surface area contributed by atoms with Gasteiger partial charge in [-0.1, -0.05) is 0 Å². The fraction of sp³-hybridized carbons (Fsp3) is 0.111. The standard InChI is InChI=1S/C9H8N2O4/c12-4-1-2-5(6(13)3-4)7-8(14)11-9(15)10-7/h1-3,7,12-13H,(H2,10,11,14,15). The second-order valence-electron chi connectivity index (χ2n) is 3.14. The summed E-state index contributed by atoms with van der Waals surface area (Å²) in [5, 5.41) is 22.9. The van der Waals surface area contributed by atoms with E-state index in [-0.39, 0.29) is 17.1 Å². The lowest BCUT2D eigenvalue weighted by molar-refractivity contribution is -0.120. The first-order valence-electron chi connectivity index (χ1n) is 4.21. The van der Waals surface area contributed by atoms with Gasteiger partial charge in [-0.15, -0.1) is 0 Å². The van der Waals surface area contributed by atoms with Crippen LogP contribution >= 0.6 is 0 Å². The molecule has 0 aliphatic carbocycles. The van der Waals surface area contributed by atoms with Crippen LogP contribution in [0.25, 0.3) is 0 Å². The van der Waals surface area contributed by atoms with E-state index in [9.17, 15) is 14.7 Å². The van der Waals surface area contributed by atoms with Crippen molar-refractivity contribution in [3.05, 3.63) is 23.8 Å². The normalized spacial score (nSPS) is 19.9. The Morgan fingerprint density at radius 1 is 1.20 bits per heavy atom. The molecule has 0 saturated carbocycles. The number of carbonyl (C=O) groups excluding carboxylic acids is 2. The van der Waals surface area contributed by atoms with Crippen LogP contribution in [-0.4, -0.2) is 22.2 Å². The zero-order valence-electron chi connectivity index (χ0n) is 7.52. The van der Waals surface area contributed by atoms with Crippen LogP contribution in [0.15, 0.2) is 18.2 Å². The number of amides is 3. The lowest BCUT2D eigenvalue weighted by Crippen LogP contribution is -2.22. The zero-order chi connectivity index (χ0) is 11.0. The molecule has 1 aliphatic rings. The minimum Gasteiger partial charge on any atom is -0.508 e. The summed E-state index contributed by atoms with van der Waals surface area (Å²) >= 11 is 0. The highest BCUT2D eigenvalue weighted by atomic mass is 16.3. The number of aromatic hydroxyl groups is 2. The summed E-state index contributed by atoms with van der Waals surface area (Å²) in [4.78, 5) is 22.1. The maximum Gasteiger partial charge on any atom is 0.322 e. The van der Waals surface area contributed by atoms with Gasteiger partial charge >= 0.3 is 6.03 Å². The molecule has 1 aliphatic heterocycles. The van der Waals surface area contributed by atoms with E-state index >= 15 is 0 Å². The number of benzene rings is 1. The molecule has 0 radical (unpaired) electrons. The number of hydrogen-bond donors (Lipinski definition) is 4. The van der Waals surface area contributed by atoms with Crippen molar-refractivity contribution < 1.29 is 19.8 Å². The highest BCUT2D eigenvalue weighted by Crippen LogP contribution is 2.29. The van der Waals surface area contributed by atoms with Crippen molar-refractivity contribution >= 4 is 11.9 Å². The Kier molecular flexibility index (Phi) is 1.96.